The van der Waals surface area contributed by atoms with Crippen molar-refractivity contribution in [2.24, 2.45) is 5.73 Å². The Morgan fingerprint density at radius 2 is 1.90 bits per heavy atom. The van der Waals surface area contributed by atoms with Crippen molar-refractivity contribution >= 4 is 10.0 Å². The van der Waals surface area contributed by atoms with Gasteiger partial charge in [-0.15, -0.1) is 0 Å². The maximum absolute atomic E-state index is 12.5. The summed E-state index contributed by atoms with van der Waals surface area (Å²) in [7, 11) is -3.60. The van der Waals surface area contributed by atoms with Gasteiger partial charge in [-0.05, 0) is 48.7 Å². The van der Waals surface area contributed by atoms with Crippen LogP contribution in [0.5, 0.6) is 0 Å². The van der Waals surface area contributed by atoms with Gasteiger partial charge in [0.05, 0.1) is 4.90 Å². The third-order valence-electron chi connectivity index (χ3n) is 3.44. The van der Waals surface area contributed by atoms with E-state index in [9.17, 15) is 8.42 Å². The maximum Gasteiger partial charge on any atom is 0.241 e. The van der Waals surface area contributed by atoms with E-state index in [1.54, 1.807) is 50.5 Å². The molecule has 0 amide bonds. The molecule has 0 radical (unpaired) electrons. The quantitative estimate of drug-likeness (QED) is 0.883. The minimum Gasteiger partial charge on any atom is -0.326 e. The van der Waals surface area contributed by atoms with Gasteiger partial charge >= 0.3 is 0 Å². The molecule has 0 bridgehead atoms. The first-order valence-corrected chi connectivity index (χ1v) is 8.15. The monoisotopic (exact) mass is 305 g/mol. The van der Waals surface area contributed by atoms with Crippen LogP contribution in [-0.4, -0.2) is 13.4 Å². The van der Waals surface area contributed by atoms with Crippen LogP contribution in [0.25, 0.3) is 0 Å². The minimum atomic E-state index is -3.60. The zero-order valence-corrected chi connectivity index (χ0v) is 12.9. The van der Waals surface area contributed by atoms with Gasteiger partial charge in [-0.25, -0.2) is 13.1 Å². The third-order valence-corrected chi connectivity index (χ3v) is 5.13. The second-order valence-electron chi connectivity index (χ2n) is 4.87. The molecule has 0 aliphatic heterocycles. The van der Waals surface area contributed by atoms with E-state index in [0.29, 0.717) is 12.1 Å². The molecule has 5 nitrogen and oxygen atoms in total. The number of nitrogens with zero attached hydrogens (tertiary/aromatic N) is 1. The summed E-state index contributed by atoms with van der Waals surface area (Å²) in [5.41, 5.74) is 8.01. The predicted molar refractivity (Wildman–Crippen MR) is 82.0 cm³/mol. The van der Waals surface area contributed by atoms with Crippen LogP contribution in [0.3, 0.4) is 0 Å². The molecule has 0 spiro atoms. The van der Waals surface area contributed by atoms with Gasteiger partial charge in [0.25, 0.3) is 0 Å². The van der Waals surface area contributed by atoms with Crippen LogP contribution in [0.15, 0.2) is 47.6 Å². The molecule has 1 atom stereocenters. The highest BCUT2D eigenvalue weighted by Crippen LogP contribution is 2.21. The molecule has 1 unspecified atom stereocenters. The highest BCUT2D eigenvalue weighted by atomic mass is 32.2. The lowest BCUT2D eigenvalue weighted by Gasteiger charge is -2.16. The van der Waals surface area contributed by atoms with E-state index in [4.69, 9.17) is 5.73 Å². The van der Waals surface area contributed by atoms with Crippen LogP contribution in [0.1, 0.15) is 29.7 Å². The lowest BCUT2D eigenvalue weighted by Crippen LogP contribution is -2.27. The van der Waals surface area contributed by atoms with Crippen molar-refractivity contribution in [3.63, 3.8) is 0 Å². The molecule has 1 aromatic heterocycles. The fourth-order valence-electron chi connectivity index (χ4n) is 2.19. The molecule has 3 N–H and O–H groups in total. The average molecular weight is 305 g/mol. The average Bonchev–Trinajstić information content (AvgIpc) is 2.47. The van der Waals surface area contributed by atoms with E-state index in [2.05, 4.69) is 9.71 Å². The molecule has 112 valence electrons. The predicted octanol–water partition coefficient (Wildman–Crippen LogP) is 1.89. The lowest BCUT2D eigenvalue weighted by molar-refractivity contribution is 0.566. The highest BCUT2D eigenvalue weighted by molar-refractivity contribution is 7.89. The molecule has 21 heavy (non-hydrogen) atoms. The Kier molecular flexibility index (Phi) is 4.72. The molecule has 0 fully saturated rings. The molecular weight excluding hydrogens is 286 g/mol. The van der Waals surface area contributed by atoms with Crippen molar-refractivity contribution in [3.8, 4) is 0 Å². The summed E-state index contributed by atoms with van der Waals surface area (Å²) in [6.45, 7) is 3.89. The van der Waals surface area contributed by atoms with Gasteiger partial charge in [-0.3, -0.25) is 4.98 Å². The van der Waals surface area contributed by atoms with Crippen LogP contribution in [0.4, 0.5) is 0 Å². The first-order valence-electron chi connectivity index (χ1n) is 6.66. The minimum absolute atomic E-state index is 0.270. The normalized spacial score (nSPS) is 13.1. The number of rotatable bonds is 5. The molecule has 0 aliphatic carbocycles. The standard InChI is InChI=1S/C15H19N3O2S/c1-11-14(10-16)4-3-5-15(11)21(19,20)18-12(2)13-6-8-17-9-7-13/h3-9,12,18H,10,16H2,1-2H3. The second-order valence-corrected chi connectivity index (χ2v) is 6.55. The highest BCUT2D eigenvalue weighted by Gasteiger charge is 2.21. The molecule has 1 heterocycles. The van der Waals surface area contributed by atoms with E-state index in [-0.39, 0.29) is 10.9 Å². The summed E-state index contributed by atoms with van der Waals surface area (Å²) in [4.78, 5) is 4.20. The van der Waals surface area contributed by atoms with E-state index in [1.165, 1.54) is 0 Å². The molecule has 0 saturated carbocycles. The van der Waals surface area contributed by atoms with E-state index in [0.717, 1.165) is 11.1 Å². The number of benzene rings is 1. The van der Waals surface area contributed by atoms with Crippen LogP contribution in [-0.2, 0) is 16.6 Å². The van der Waals surface area contributed by atoms with Crippen LogP contribution in [0.2, 0.25) is 0 Å². The summed E-state index contributed by atoms with van der Waals surface area (Å²) in [5, 5.41) is 0. The summed E-state index contributed by atoms with van der Waals surface area (Å²) in [6, 6.07) is 8.38. The van der Waals surface area contributed by atoms with Gasteiger partial charge in [0, 0.05) is 25.0 Å². The van der Waals surface area contributed by atoms with Gasteiger partial charge < -0.3 is 5.73 Å². The topological polar surface area (TPSA) is 85.1 Å². The van der Waals surface area contributed by atoms with Gasteiger partial charge in [-0.1, -0.05) is 12.1 Å². The summed E-state index contributed by atoms with van der Waals surface area (Å²) in [6.07, 6.45) is 3.28. The van der Waals surface area contributed by atoms with Gasteiger partial charge in [0.2, 0.25) is 10.0 Å². The number of sulfonamides is 1. The zero-order valence-electron chi connectivity index (χ0n) is 12.1. The number of aromatic nitrogens is 1. The Balaban J connectivity index is 2.31. The molecule has 0 saturated heterocycles. The van der Waals surface area contributed by atoms with E-state index in [1.807, 2.05) is 6.07 Å². The van der Waals surface area contributed by atoms with Crippen LogP contribution < -0.4 is 10.5 Å². The summed E-state index contributed by atoms with van der Waals surface area (Å²) < 4.78 is 27.8. The van der Waals surface area contributed by atoms with E-state index < -0.39 is 10.0 Å². The molecule has 0 aliphatic rings. The van der Waals surface area contributed by atoms with Crippen LogP contribution >= 0.6 is 0 Å². The summed E-state index contributed by atoms with van der Waals surface area (Å²) >= 11 is 0. The number of pyridine rings is 1. The van der Waals surface area contributed by atoms with Crippen molar-refractivity contribution in [1.29, 1.82) is 0 Å². The number of nitrogens with one attached hydrogen (secondary N) is 1. The van der Waals surface area contributed by atoms with Gasteiger partial charge in [0.1, 0.15) is 0 Å². The molecular formula is C15H19N3O2S. The Bertz CT molecular complexity index is 715. The Hall–Kier alpha value is -1.76. The molecule has 1 aromatic carbocycles. The van der Waals surface area contributed by atoms with Crippen molar-refractivity contribution in [2.45, 2.75) is 31.3 Å². The van der Waals surface area contributed by atoms with Crippen LogP contribution in [0, 0.1) is 6.92 Å². The zero-order chi connectivity index (χ0) is 15.5. The van der Waals surface area contributed by atoms with Gasteiger partial charge in [0.15, 0.2) is 0 Å². The molecule has 6 heteroatoms. The molecule has 2 rings (SSSR count). The Morgan fingerprint density at radius 3 is 2.52 bits per heavy atom. The Labute approximate surface area is 125 Å². The number of hydrogen-bond donors (Lipinski definition) is 2. The lowest BCUT2D eigenvalue weighted by atomic mass is 10.1. The van der Waals surface area contributed by atoms with Crippen molar-refractivity contribution < 1.29 is 8.42 Å². The Morgan fingerprint density at radius 1 is 1.24 bits per heavy atom. The largest absolute Gasteiger partial charge is 0.326 e. The van der Waals surface area contributed by atoms with E-state index >= 15 is 0 Å². The first-order chi connectivity index (χ1) is 9.95. The van der Waals surface area contributed by atoms with Crippen molar-refractivity contribution in [3.05, 3.63) is 59.4 Å². The first kappa shape index (κ1) is 15.6. The number of nitrogens with two attached hydrogens (primary N) is 1. The molecule has 2 aromatic rings. The SMILES string of the molecule is Cc1c(CN)cccc1S(=O)(=O)NC(C)c1ccncc1. The van der Waals surface area contributed by atoms with Gasteiger partial charge in [-0.2, -0.15) is 0 Å². The fourth-order valence-corrected chi connectivity index (χ4v) is 3.71. The second kappa shape index (κ2) is 6.34. The third kappa shape index (κ3) is 3.47. The smallest absolute Gasteiger partial charge is 0.241 e. The maximum atomic E-state index is 12.5. The van der Waals surface area contributed by atoms with Crippen molar-refractivity contribution in [1.82, 2.24) is 9.71 Å². The van der Waals surface area contributed by atoms with Crippen molar-refractivity contribution in [2.75, 3.05) is 0 Å². The summed E-state index contributed by atoms with van der Waals surface area (Å²) in [5.74, 6) is 0. The fraction of sp³-hybridized carbons (Fsp3) is 0.267. The number of hydrogen-bond acceptors (Lipinski definition) is 4.